The molecule has 4 rings (SSSR count). The minimum Gasteiger partial charge on any atom is -0.494 e. The van der Waals surface area contributed by atoms with Crippen molar-refractivity contribution in [3.05, 3.63) is 65.6 Å². The highest BCUT2D eigenvalue weighted by Crippen LogP contribution is 2.28. The number of aromatic nitrogens is 1. The van der Waals surface area contributed by atoms with Crippen LogP contribution in [0.15, 0.2) is 42.6 Å². The molecule has 1 aliphatic rings. The lowest BCUT2D eigenvalue weighted by Gasteiger charge is -2.33. The van der Waals surface area contributed by atoms with Gasteiger partial charge < -0.3 is 10.1 Å². The molecule has 0 radical (unpaired) electrons. The first kappa shape index (κ1) is 19.5. The molecule has 0 unspecified atom stereocenters. The number of fused-ring (bicyclic) bond motifs is 1. The van der Waals surface area contributed by atoms with Crippen LogP contribution in [0, 0.1) is 17.5 Å². The molecule has 0 spiro atoms. The van der Waals surface area contributed by atoms with Gasteiger partial charge in [-0.05, 0) is 48.7 Å². The summed E-state index contributed by atoms with van der Waals surface area (Å²) in [6, 6.07) is 9.05. The van der Waals surface area contributed by atoms with Gasteiger partial charge in [-0.15, -0.1) is 0 Å². The van der Waals surface area contributed by atoms with Crippen molar-refractivity contribution in [2.75, 3.05) is 25.5 Å². The number of nitrogens with one attached hydrogen (secondary N) is 1. The zero-order chi connectivity index (χ0) is 20.4. The van der Waals surface area contributed by atoms with Gasteiger partial charge in [-0.3, -0.25) is 9.88 Å². The van der Waals surface area contributed by atoms with E-state index in [1.54, 1.807) is 12.1 Å². The average Bonchev–Trinajstić information content (AvgIpc) is 2.72. The number of hydrogen-bond acceptors (Lipinski definition) is 4. The zero-order valence-corrected chi connectivity index (χ0v) is 16.1. The summed E-state index contributed by atoms with van der Waals surface area (Å²) in [5.74, 6) is -1.15. The summed E-state index contributed by atoms with van der Waals surface area (Å²) in [4.78, 5) is 6.23. The maximum atomic E-state index is 14.3. The van der Waals surface area contributed by atoms with E-state index in [0.29, 0.717) is 12.2 Å². The smallest absolute Gasteiger partial charge is 0.165 e. The van der Waals surface area contributed by atoms with Gasteiger partial charge in [0, 0.05) is 37.6 Å². The molecule has 1 aromatic heterocycles. The Kier molecular flexibility index (Phi) is 5.58. The first-order valence-electron chi connectivity index (χ1n) is 9.59. The Bertz CT molecular complexity index is 1020. The highest BCUT2D eigenvalue weighted by molar-refractivity contribution is 5.92. The van der Waals surface area contributed by atoms with Crippen LogP contribution in [-0.4, -0.2) is 36.1 Å². The molecular formula is C22H22F3N3O. The molecule has 1 aliphatic heterocycles. The molecule has 0 bridgehead atoms. The van der Waals surface area contributed by atoms with Crippen LogP contribution in [0.1, 0.15) is 18.4 Å². The number of hydrogen-bond donors (Lipinski definition) is 1. The fourth-order valence-electron chi connectivity index (χ4n) is 3.84. The lowest BCUT2D eigenvalue weighted by atomic mass is 10.0. The Hall–Kier alpha value is -2.80. The Morgan fingerprint density at radius 2 is 1.79 bits per heavy atom. The normalized spacial score (nSPS) is 15.6. The summed E-state index contributed by atoms with van der Waals surface area (Å²) in [6.07, 6.45) is 3.18. The van der Waals surface area contributed by atoms with E-state index in [-0.39, 0.29) is 28.5 Å². The summed E-state index contributed by atoms with van der Waals surface area (Å²) in [7, 11) is 1.45. The number of benzene rings is 2. The zero-order valence-electron chi connectivity index (χ0n) is 16.1. The first-order chi connectivity index (χ1) is 14.0. The van der Waals surface area contributed by atoms with Crippen LogP contribution >= 0.6 is 0 Å². The molecular weight excluding hydrogens is 379 g/mol. The predicted octanol–water partition coefficient (Wildman–Crippen LogP) is 4.74. The second-order valence-electron chi connectivity index (χ2n) is 7.27. The molecule has 2 aromatic carbocycles. The van der Waals surface area contributed by atoms with Gasteiger partial charge in [0.15, 0.2) is 11.6 Å². The van der Waals surface area contributed by atoms with Crippen LogP contribution in [0.4, 0.5) is 18.9 Å². The van der Waals surface area contributed by atoms with Crippen molar-refractivity contribution in [3.63, 3.8) is 0 Å². The molecule has 0 amide bonds. The SMILES string of the molecule is COc1ccc(CN2CCC(Nc3ccnc4c(F)ccc(F)c34)CC2)cc1F. The number of methoxy groups -OCH3 is 1. The Morgan fingerprint density at radius 1 is 1.03 bits per heavy atom. The van der Waals surface area contributed by atoms with Gasteiger partial charge in [-0.1, -0.05) is 6.07 Å². The summed E-state index contributed by atoms with van der Waals surface area (Å²) in [5, 5.41) is 3.53. The van der Waals surface area contributed by atoms with E-state index in [0.717, 1.165) is 43.6 Å². The molecule has 152 valence electrons. The quantitative estimate of drug-likeness (QED) is 0.670. The molecule has 1 N–H and O–H groups in total. The third-order valence-corrected chi connectivity index (χ3v) is 5.36. The Balaban J connectivity index is 1.40. The fraction of sp³-hybridized carbons (Fsp3) is 0.318. The van der Waals surface area contributed by atoms with Gasteiger partial charge in [-0.25, -0.2) is 13.2 Å². The molecule has 0 aliphatic carbocycles. The van der Waals surface area contributed by atoms with Crippen LogP contribution < -0.4 is 10.1 Å². The molecule has 7 heteroatoms. The van der Waals surface area contributed by atoms with Gasteiger partial charge in [-0.2, -0.15) is 0 Å². The van der Waals surface area contributed by atoms with Gasteiger partial charge >= 0.3 is 0 Å². The van der Waals surface area contributed by atoms with Crippen LogP contribution in [0.25, 0.3) is 10.9 Å². The molecule has 0 saturated carbocycles. The summed E-state index contributed by atoms with van der Waals surface area (Å²) in [5.41, 5.74) is 1.49. The minimum absolute atomic E-state index is 0.0361. The van der Waals surface area contributed by atoms with E-state index in [4.69, 9.17) is 4.74 Å². The lowest BCUT2D eigenvalue weighted by molar-refractivity contribution is 0.211. The number of piperidine rings is 1. The number of pyridine rings is 1. The highest BCUT2D eigenvalue weighted by atomic mass is 19.1. The highest BCUT2D eigenvalue weighted by Gasteiger charge is 2.21. The lowest BCUT2D eigenvalue weighted by Crippen LogP contribution is -2.38. The van der Waals surface area contributed by atoms with E-state index in [9.17, 15) is 13.2 Å². The summed E-state index contributed by atoms with van der Waals surface area (Å²) >= 11 is 0. The summed E-state index contributed by atoms with van der Waals surface area (Å²) in [6.45, 7) is 2.31. The first-order valence-corrected chi connectivity index (χ1v) is 9.59. The van der Waals surface area contributed by atoms with Crippen LogP contribution in [0.5, 0.6) is 5.75 Å². The van der Waals surface area contributed by atoms with Crippen molar-refractivity contribution in [2.45, 2.75) is 25.4 Å². The third-order valence-electron chi connectivity index (χ3n) is 5.36. The molecule has 29 heavy (non-hydrogen) atoms. The van der Waals surface area contributed by atoms with Crippen molar-refractivity contribution in [1.29, 1.82) is 0 Å². The number of likely N-dealkylation sites (tertiary alicyclic amines) is 1. The van der Waals surface area contributed by atoms with Crippen LogP contribution in [-0.2, 0) is 6.54 Å². The molecule has 0 atom stereocenters. The number of ether oxygens (including phenoxy) is 1. The van der Waals surface area contributed by atoms with E-state index in [2.05, 4.69) is 15.2 Å². The van der Waals surface area contributed by atoms with E-state index < -0.39 is 11.6 Å². The Labute approximate surface area is 167 Å². The maximum Gasteiger partial charge on any atom is 0.165 e. The predicted molar refractivity (Wildman–Crippen MR) is 107 cm³/mol. The van der Waals surface area contributed by atoms with E-state index >= 15 is 0 Å². The van der Waals surface area contributed by atoms with Gasteiger partial charge in [0.25, 0.3) is 0 Å². The average molecular weight is 401 g/mol. The largest absolute Gasteiger partial charge is 0.494 e. The van der Waals surface area contributed by atoms with E-state index in [1.165, 1.54) is 19.4 Å². The standard InChI is InChI=1S/C22H22F3N3O/c1-29-20-5-2-14(12-18(20)25)13-28-10-7-15(8-11-28)27-19-6-9-26-22-17(24)4-3-16(23)21(19)22/h2-6,9,12,15H,7-8,10-11,13H2,1H3,(H,26,27). The van der Waals surface area contributed by atoms with E-state index in [1.807, 2.05) is 6.07 Å². The van der Waals surface area contributed by atoms with Crippen molar-refractivity contribution >= 4 is 16.6 Å². The van der Waals surface area contributed by atoms with Crippen molar-refractivity contribution < 1.29 is 17.9 Å². The number of nitrogens with zero attached hydrogens (tertiary/aromatic N) is 2. The van der Waals surface area contributed by atoms with Gasteiger partial charge in [0.2, 0.25) is 0 Å². The van der Waals surface area contributed by atoms with Crippen LogP contribution in [0.3, 0.4) is 0 Å². The number of anilines is 1. The molecule has 3 aromatic rings. The Morgan fingerprint density at radius 3 is 2.52 bits per heavy atom. The van der Waals surface area contributed by atoms with Crippen molar-refractivity contribution in [1.82, 2.24) is 9.88 Å². The second-order valence-corrected chi connectivity index (χ2v) is 7.27. The van der Waals surface area contributed by atoms with Gasteiger partial charge in [0.1, 0.15) is 17.2 Å². The number of halogens is 3. The second kappa shape index (κ2) is 8.29. The maximum absolute atomic E-state index is 14.3. The van der Waals surface area contributed by atoms with Crippen molar-refractivity contribution in [3.8, 4) is 5.75 Å². The number of rotatable bonds is 5. The summed E-state index contributed by atoms with van der Waals surface area (Å²) < 4.78 is 47.1. The monoisotopic (exact) mass is 401 g/mol. The van der Waals surface area contributed by atoms with Gasteiger partial charge in [0.05, 0.1) is 12.5 Å². The molecule has 2 heterocycles. The van der Waals surface area contributed by atoms with Crippen molar-refractivity contribution in [2.24, 2.45) is 0 Å². The minimum atomic E-state index is -0.536. The fourth-order valence-corrected chi connectivity index (χ4v) is 3.84. The molecule has 4 nitrogen and oxygen atoms in total. The topological polar surface area (TPSA) is 37.4 Å². The third kappa shape index (κ3) is 4.15. The van der Waals surface area contributed by atoms with Crippen LogP contribution in [0.2, 0.25) is 0 Å². The molecule has 1 fully saturated rings. The molecule has 1 saturated heterocycles.